The van der Waals surface area contributed by atoms with Crippen LogP contribution >= 0.6 is 0 Å². The summed E-state index contributed by atoms with van der Waals surface area (Å²) in [5, 5.41) is 0. The first-order valence-corrected chi connectivity index (χ1v) is 9.21. The number of rotatable bonds is 5. The first-order chi connectivity index (χ1) is 13.8. The first-order valence-electron chi connectivity index (χ1n) is 9.21. The van der Waals surface area contributed by atoms with Gasteiger partial charge in [-0.2, -0.15) is 13.2 Å². The van der Waals surface area contributed by atoms with Crippen LogP contribution in [0.1, 0.15) is 24.5 Å². The van der Waals surface area contributed by atoms with E-state index in [1.54, 1.807) is 12.1 Å². The maximum atomic E-state index is 14.2. The molecule has 0 atom stereocenters. The Bertz CT molecular complexity index is 974. The maximum Gasteiger partial charge on any atom is 0.409 e. The van der Waals surface area contributed by atoms with Gasteiger partial charge in [0.05, 0.1) is 0 Å². The van der Waals surface area contributed by atoms with Crippen LogP contribution in [0.4, 0.5) is 22.0 Å². The molecule has 0 N–H and O–H groups in total. The summed E-state index contributed by atoms with van der Waals surface area (Å²) in [4.78, 5) is 0. The van der Waals surface area contributed by atoms with Crippen molar-refractivity contribution in [2.45, 2.75) is 25.9 Å². The van der Waals surface area contributed by atoms with Crippen LogP contribution in [-0.2, 0) is 6.42 Å². The Morgan fingerprint density at radius 1 is 0.724 bits per heavy atom. The second-order valence-corrected chi connectivity index (χ2v) is 6.75. The van der Waals surface area contributed by atoms with Crippen molar-refractivity contribution >= 4 is 6.08 Å². The Kier molecular flexibility index (Phi) is 6.16. The number of hydrogen-bond acceptors (Lipinski definition) is 0. The van der Waals surface area contributed by atoms with Crippen LogP contribution in [0.25, 0.3) is 28.3 Å². The summed E-state index contributed by atoms with van der Waals surface area (Å²) in [5.41, 5.74) is 3.37. The van der Waals surface area contributed by atoms with Crippen LogP contribution in [0.3, 0.4) is 0 Å². The molecule has 0 aliphatic heterocycles. The fourth-order valence-corrected chi connectivity index (χ4v) is 3.10. The Morgan fingerprint density at radius 2 is 1.17 bits per heavy atom. The molecular formula is C24H19F5. The molecule has 0 aliphatic rings. The van der Waals surface area contributed by atoms with Gasteiger partial charge >= 0.3 is 6.18 Å². The normalized spacial score (nSPS) is 11.9. The summed E-state index contributed by atoms with van der Waals surface area (Å²) in [7, 11) is 0. The van der Waals surface area contributed by atoms with E-state index >= 15 is 0 Å². The monoisotopic (exact) mass is 402 g/mol. The second-order valence-electron chi connectivity index (χ2n) is 6.75. The van der Waals surface area contributed by atoms with Gasteiger partial charge in [0.25, 0.3) is 0 Å². The minimum atomic E-state index is -4.64. The van der Waals surface area contributed by atoms with Crippen molar-refractivity contribution in [2.24, 2.45) is 0 Å². The van der Waals surface area contributed by atoms with Crippen molar-refractivity contribution in [2.75, 3.05) is 0 Å². The van der Waals surface area contributed by atoms with E-state index in [1.807, 2.05) is 24.3 Å². The van der Waals surface area contributed by atoms with Gasteiger partial charge in [0.2, 0.25) is 0 Å². The molecule has 0 saturated heterocycles. The van der Waals surface area contributed by atoms with Crippen molar-refractivity contribution in [3.05, 3.63) is 89.5 Å². The lowest BCUT2D eigenvalue weighted by Crippen LogP contribution is -2.01. The predicted molar refractivity (Wildman–Crippen MR) is 106 cm³/mol. The molecule has 0 nitrogen and oxygen atoms in total. The summed E-state index contributed by atoms with van der Waals surface area (Å²) in [6.45, 7) is 2.12. The van der Waals surface area contributed by atoms with Gasteiger partial charge in [-0.1, -0.05) is 61.9 Å². The predicted octanol–water partition coefficient (Wildman–Crippen LogP) is 7.83. The first kappa shape index (κ1) is 20.8. The molecule has 29 heavy (non-hydrogen) atoms. The van der Waals surface area contributed by atoms with E-state index in [2.05, 4.69) is 19.1 Å². The second kappa shape index (κ2) is 8.60. The van der Waals surface area contributed by atoms with Crippen LogP contribution < -0.4 is 0 Å². The molecule has 0 radical (unpaired) electrons. The summed E-state index contributed by atoms with van der Waals surface area (Å²) in [5.74, 6) is -2.09. The molecule has 0 amide bonds. The topological polar surface area (TPSA) is 0 Å². The lowest BCUT2D eigenvalue weighted by atomic mass is 9.98. The zero-order valence-corrected chi connectivity index (χ0v) is 15.7. The van der Waals surface area contributed by atoms with Crippen molar-refractivity contribution in [1.29, 1.82) is 0 Å². The zero-order valence-electron chi connectivity index (χ0n) is 15.7. The molecule has 0 aromatic heterocycles. The molecule has 3 rings (SSSR count). The molecule has 0 fully saturated rings. The minimum absolute atomic E-state index is 0.186. The van der Waals surface area contributed by atoms with Crippen LogP contribution in [-0.4, -0.2) is 6.18 Å². The van der Waals surface area contributed by atoms with E-state index in [0.717, 1.165) is 36.1 Å². The highest BCUT2D eigenvalue weighted by atomic mass is 19.4. The lowest BCUT2D eigenvalue weighted by molar-refractivity contribution is -0.0790. The molecule has 0 unspecified atom stereocenters. The van der Waals surface area contributed by atoms with Gasteiger partial charge in [-0.15, -0.1) is 0 Å². The zero-order chi connectivity index (χ0) is 21.0. The average molecular weight is 402 g/mol. The number of allylic oxidation sites excluding steroid dienone is 1. The average Bonchev–Trinajstić information content (AvgIpc) is 2.67. The number of hydrogen-bond donors (Lipinski definition) is 0. The van der Waals surface area contributed by atoms with E-state index in [-0.39, 0.29) is 11.6 Å². The Hall–Kier alpha value is -2.95. The number of benzene rings is 3. The number of alkyl halides is 3. The molecule has 3 aromatic rings. The molecule has 0 heterocycles. The molecule has 5 heteroatoms. The molecular weight excluding hydrogens is 383 g/mol. The Morgan fingerprint density at radius 3 is 1.62 bits per heavy atom. The Labute approximate surface area is 166 Å². The van der Waals surface area contributed by atoms with Crippen molar-refractivity contribution in [1.82, 2.24) is 0 Å². The summed E-state index contributed by atoms with van der Waals surface area (Å²) in [6, 6.07) is 17.4. The number of halogens is 5. The van der Waals surface area contributed by atoms with E-state index in [9.17, 15) is 22.0 Å². The highest BCUT2D eigenvalue weighted by Gasteiger charge is 2.23. The third kappa shape index (κ3) is 5.31. The molecule has 0 bridgehead atoms. The van der Waals surface area contributed by atoms with E-state index < -0.39 is 23.4 Å². The van der Waals surface area contributed by atoms with Gasteiger partial charge in [-0.3, -0.25) is 0 Å². The van der Waals surface area contributed by atoms with E-state index in [4.69, 9.17) is 0 Å². The SMILES string of the molecule is CCCc1ccc(-c2ccc(-c3cc(F)c(/C=C/C(F)(F)F)c(F)c3)cc2)cc1. The third-order valence-corrected chi connectivity index (χ3v) is 4.56. The van der Waals surface area contributed by atoms with Crippen molar-refractivity contribution in [3.63, 3.8) is 0 Å². The molecule has 0 spiro atoms. The van der Waals surface area contributed by atoms with Gasteiger partial charge in [-0.25, -0.2) is 8.78 Å². The quantitative estimate of drug-likeness (QED) is 0.382. The minimum Gasteiger partial charge on any atom is -0.206 e. The highest BCUT2D eigenvalue weighted by Crippen LogP contribution is 2.29. The van der Waals surface area contributed by atoms with Crippen molar-refractivity contribution in [3.8, 4) is 22.3 Å². The number of aryl methyl sites for hydroxylation is 1. The van der Waals surface area contributed by atoms with Crippen LogP contribution in [0.5, 0.6) is 0 Å². The van der Waals surface area contributed by atoms with Gasteiger partial charge in [0.15, 0.2) is 0 Å². The van der Waals surface area contributed by atoms with Gasteiger partial charge < -0.3 is 0 Å². The Balaban J connectivity index is 1.85. The summed E-state index contributed by atoms with van der Waals surface area (Å²) >= 11 is 0. The lowest BCUT2D eigenvalue weighted by Gasteiger charge is -2.08. The molecule has 0 aliphatic carbocycles. The van der Waals surface area contributed by atoms with Gasteiger partial charge in [0.1, 0.15) is 11.6 Å². The maximum absolute atomic E-state index is 14.2. The van der Waals surface area contributed by atoms with Crippen LogP contribution in [0.2, 0.25) is 0 Å². The summed E-state index contributed by atoms with van der Waals surface area (Å²) < 4.78 is 65.1. The largest absolute Gasteiger partial charge is 0.409 e. The summed E-state index contributed by atoms with van der Waals surface area (Å²) in [6.07, 6.45) is -2.33. The molecule has 0 saturated carbocycles. The van der Waals surface area contributed by atoms with Gasteiger partial charge in [-0.05, 0) is 52.4 Å². The third-order valence-electron chi connectivity index (χ3n) is 4.56. The van der Waals surface area contributed by atoms with Crippen molar-refractivity contribution < 1.29 is 22.0 Å². The van der Waals surface area contributed by atoms with E-state index in [0.29, 0.717) is 11.6 Å². The van der Waals surface area contributed by atoms with Crippen LogP contribution in [0.15, 0.2) is 66.7 Å². The fraction of sp³-hybridized carbons (Fsp3) is 0.167. The smallest absolute Gasteiger partial charge is 0.206 e. The fourth-order valence-electron chi connectivity index (χ4n) is 3.10. The standard InChI is InChI=1S/C24H19F5/c1-2-3-16-4-6-17(7-5-16)18-8-10-19(11-9-18)20-14-22(25)21(23(26)15-20)12-13-24(27,28)29/h4-15H,2-3H2,1H3/b13-12+. The molecule has 3 aromatic carbocycles. The van der Waals surface area contributed by atoms with Gasteiger partial charge in [0, 0.05) is 11.6 Å². The highest BCUT2D eigenvalue weighted by molar-refractivity contribution is 5.71. The molecule has 150 valence electrons. The van der Waals surface area contributed by atoms with E-state index in [1.165, 1.54) is 5.56 Å². The van der Waals surface area contributed by atoms with Crippen LogP contribution in [0, 0.1) is 11.6 Å².